The molecule has 1 aliphatic rings. The van der Waals surface area contributed by atoms with Gasteiger partial charge in [0, 0.05) is 19.1 Å². The number of hydrogen-bond donors (Lipinski definition) is 1. The lowest BCUT2D eigenvalue weighted by molar-refractivity contribution is -0.122. The molecule has 0 saturated carbocycles. The fourth-order valence-electron chi connectivity index (χ4n) is 3.34. The zero-order valence-corrected chi connectivity index (χ0v) is 16.5. The molecule has 7 nitrogen and oxygen atoms in total. The van der Waals surface area contributed by atoms with E-state index in [-0.39, 0.29) is 23.4 Å². The van der Waals surface area contributed by atoms with Gasteiger partial charge in [0.2, 0.25) is 15.9 Å². The molecule has 1 aromatic heterocycles. The summed E-state index contributed by atoms with van der Waals surface area (Å²) in [7, 11) is -3.55. The molecule has 0 aromatic carbocycles. The highest BCUT2D eigenvalue weighted by Crippen LogP contribution is 2.26. The number of sulfonamides is 1. The molecule has 25 heavy (non-hydrogen) atoms. The molecule has 0 aliphatic carbocycles. The van der Waals surface area contributed by atoms with Gasteiger partial charge in [0.05, 0.1) is 11.4 Å². The third-order valence-electron chi connectivity index (χ3n) is 4.87. The van der Waals surface area contributed by atoms with Crippen molar-refractivity contribution in [2.45, 2.75) is 77.3 Å². The summed E-state index contributed by atoms with van der Waals surface area (Å²) in [4.78, 5) is 12.5. The van der Waals surface area contributed by atoms with Crippen molar-refractivity contribution in [3.63, 3.8) is 0 Å². The number of amides is 1. The van der Waals surface area contributed by atoms with Crippen LogP contribution in [0.15, 0.2) is 4.90 Å². The van der Waals surface area contributed by atoms with Crippen LogP contribution in [0.4, 0.5) is 0 Å². The van der Waals surface area contributed by atoms with Gasteiger partial charge in [-0.15, -0.1) is 0 Å². The van der Waals surface area contributed by atoms with Crippen LogP contribution in [0.25, 0.3) is 0 Å². The quantitative estimate of drug-likeness (QED) is 0.795. The molecule has 0 spiro atoms. The second-order valence-electron chi connectivity index (χ2n) is 6.70. The Balaban J connectivity index is 2.21. The Labute approximate surface area is 150 Å². The number of nitrogens with zero attached hydrogens (tertiary/aromatic N) is 3. The van der Waals surface area contributed by atoms with Gasteiger partial charge in [0.25, 0.3) is 0 Å². The van der Waals surface area contributed by atoms with E-state index in [1.807, 2.05) is 13.8 Å². The third-order valence-corrected chi connectivity index (χ3v) is 7.02. The number of aryl methyl sites for hydroxylation is 1. The fraction of sp³-hybridized carbons (Fsp3) is 0.765. The molecule has 0 bridgehead atoms. The monoisotopic (exact) mass is 370 g/mol. The Morgan fingerprint density at radius 2 is 1.76 bits per heavy atom. The average Bonchev–Trinajstić information content (AvgIpc) is 2.87. The summed E-state index contributed by atoms with van der Waals surface area (Å²) in [6.45, 7) is 8.63. The molecule has 8 heteroatoms. The second kappa shape index (κ2) is 8.31. The van der Waals surface area contributed by atoms with Crippen molar-refractivity contribution in [1.29, 1.82) is 0 Å². The summed E-state index contributed by atoms with van der Waals surface area (Å²) in [5, 5.41) is 7.28. The first-order chi connectivity index (χ1) is 11.8. The molecule has 2 heterocycles. The number of hydrogen-bond acceptors (Lipinski definition) is 4. The molecule has 1 aromatic rings. The lowest BCUT2D eigenvalue weighted by atomic mass is 10.2. The minimum Gasteiger partial charge on any atom is -0.352 e. The Morgan fingerprint density at radius 1 is 1.16 bits per heavy atom. The van der Waals surface area contributed by atoms with E-state index in [1.165, 1.54) is 4.68 Å². The molecule has 1 saturated heterocycles. The first kappa shape index (κ1) is 19.9. The van der Waals surface area contributed by atoms with Crippen LogP contribution in [-0.2, 0) is 21.4 Å². The predicted molar refractivity (Wildman–Crippen MR) is 96.8 cm³/mol. The number of carbonyl (C=O) groups excluding carboxylic acids is 1. The Kier molecular flexibility index (Phi) is 6.62. The first-order valence-electron chi connectivity index (χ1n) is 9.14. The third kappa shape index (κ3) is 4.41. The number of rotatable bonds is 7. The van der Waals surface area contributed by atoms with Crippen LogP contribution in [0.2, 0.25) is 0 Å². The Morgan fingerprint density at radius 3 is 2.32 bits per heavy atom. The molecular formula is C17H30N4O3S. The van der Waals surface area contributed by atoms with Gasteiger partial charge in [0.1, 0.15) is 11.4 Å². The van der Waals surface area contributed by atoms with Gasteiger partial charge in [-0.3, -0.25) is 9.48 Å². The molecule has 0 radical (unpaired) electrons. The van der Waals surface area contributed by atoms with Crippen molar-refractivity contribution in [2.75, 3.05) is 13.1 Å². The standard InChI is InChI=1S/C17H30N4O3S/c1-5-15(6-2)18-16(22)12-21-14(4)17(13(3)19-21)25(23,24)20-10-8-7-9-11-20/h15H,5-12H2,1-4H3,(H,18,22). The van der Waals surface area contributed by atoms with E-state index in [0.717, 1.165) is 32.1 Å². The summed E-state index contributed by atoms with van der Waals surface area (Å²) in [5.74, 6) is -0.138. The van der Waals surface area contributed by atoms with Gasteiger partial charge in [-0.1, -0.05) is 20.3 Å². The Bertz CT molecular complexity index is 702. The highest BCUT2D eigenvalue weighted by Gasteiger charge is 2.32. The number of aromatic nitrogens is 2. The maximum atomic E-state index is 13.0. The van der Waals surface area contributed by atoms with Gasteiger partial charge in [-0.2, -0.15) is 9.40 Å². The summed E-state index contributed by atoms with van der Waals surface area (Å²) in [6, 6.07) is 0.140. The van der Waals surface area contributed by atoms with Gasteiger partial charge in [0.15, 0.2) is 0 Å². The van der Waals surface area contributed by atoms with Crippen molar-refractivity contribution in [3.05, 3.63) is 11.4 Å². The smallest absolute Gasteiger partial charge is 0.246 e. The number of carbonyl (C=O) groups is 1. The molecule has 0 atom stereocenters. The molecule has 1 fully saturated rings. The number of piperidine rings is 1. The molecule has 2 rings (SSSR count). The largest absolute Gasteiger partial charge is 0.352 e. The first-order valence-corrected chi connectivity index (χ1v) is 10.6. The van der Waals surface area contributed by atoms with E-state index in [9.17, 15) is 13.2 Å². The summed E-state index contributed by atoms with van der Waals surface area (Å²) in [5.41, 5.74) is 0.987. The molecule has 142 valence electrons. The van der Waals surface area contributed by atoms with E-state index in [0.29, 0.717) is 24.5 Å². The maximum Gasteiger partial charge on any atom is 0.246 e. The van der Waals surface area contributed by atoms with Crippen LogP contribution >= 0.6 is 0 Å². The molecule has 0 unspecified atom stereocenters. The highest BCUT2D eigenvalue weighted by atomic mass is 32.2. The van der Waals surface area contributed by atoms with Gasteiger partial charge in [-0.25, -0.2) is 8.42 Å². The lowest BCUT2D eigenvalue weighted by Crippen LogP contribution is -2.37. The van der Waals surface area contributed by atoms with Crippen molar-refractivity contribution in [1.82, 2.24) is 19.4 Å². The van der Waals surface area contributed by atoms with Crippen LogP contribution in [0, 0.1) is 13.8 Å². The van der Waals surface area contributed by atoms with Crippen molar-refractivity contribution >= 4 is 15.9 Å². The van der Waals surface area contributed by atoms with Crippen molar-refractivity contribution in [3.8, 4) is 0 Å². The van der Waals surface area contributed by atoms with E-state index in [4.69, 9.17) is 0 Å². The van der Waals surface area contributed by atoms with E-state index >= 15 is 0 Å². The topological polar surface area (TPSA) is 84.3 Å². The van der Waals surface area contributed by atoms with Gasteiger partial charge in [-0.05, 0) is 39.5 Å². The van der Waals surface area contributed by atoms with Crippen LogP contribution in [-0.4, -0.2) is 47.5 Å². The molecule has 1 N–H and O–H groups in total. The van der Waals surface area contributed by atoms with Crippen LogP contribution < -0.4 is 5.32 Å². The highest BCUT2D eigenvalue weighted by molar-refractivity contribution is 7.89. The molecule has 1 amide bonds. The van der Waals surface area contributed by atoms with Crippen LogP contribution in [0.3, 0.4) is 0 Å². The SMILES string of the molecule is CCC(CC)NC(=O)Cn1nc(C)c(S(=O)(=O)N2CCCCC2)c1C. The predicted octanol–water partition coefficient (Wildman–Crippen LogP) is 1.98. The normalized spacial score (nSPS) is 16.4. The Hall–Kier alpha value is -1.41. The van der Waals surface area contributed by atoms with Crippen LogP contribution in [0.1, 0.15) is 57.3 Å². The fourth-order valence-corrected chi connectivity index (χ4v) is 5.23. The lowest BCUT2D eigenvalue weighted by Gasteiger charge is -2.26. The van der Waals surface area contributed by atoms with Gasteiger partial charge >= 0.3 is 0 Å². The minimum atomic E-state index is -3.55. The van der Waals surface area contributed by atoms with Crippen molar-refractivity contribution in [2.24, 2.45) is 0 Å². The van der Waals surface area contributed by atoms with Crippen LogP contribution in [0.5, 0.6) is 0 Å². The summed E-state index contributed by atoms with van der Waals surface area (Å²) >= 11 is 0. The minimum absolute atomic E-state index is 0.0404. The second-order valence-corrected chi connectivity index (χ2v) is 8.58. The average molecular weight is 371 g/mol. The van der Waals surface area contributed by atoms with E-state index in [2.05, 4.69) is 10.4 Å². The van der Waals surface area contributed by atoms with Gasteiger partial charge < -0.3 is 5.32 Å². The summed E-state index contributed by atoms with van der Waals surface area (Å²) < 4.78 is 29.0. The maximum absolute atomic E-state index is 13.0. The van der Waals surface area contributed by atoms with E-state index in [1.54, 1.807) is 18.2 Å². The zero-order valence-electron chi connectivity index (χ0n) is 15.7. The molecular weight excluding hydrogens is 340 g/mol. The zero-order chi connectivity index (χ0) is 18.6. The van der Waals surface area contributed by atoms with E-state index < -0.39 is 10.0 Å². The summed E-state index contributed by atoms with van der Waals surface area (Å²) in [6.07, 6.45) is 4.59. The number of nitrogens with one attached hydrogen (secondary N) is 1. The van der Waals surface area contributed by atoms with Crippen molar-refractivity contribution < 1.29 is 13.2 Å². The molecule has 1 aliphatic heterocycles.